The summed E-state index contributed by atoms with van der Waals surface area (Å²) in [6.45, 7) is 4.63. The van der Waals surface area contributed by atoms with Crippen molar-refractivity contribution < 1.29 is 36.6 Å². The van der Waals surface area contributed by atoms with Crippen LogP contribution in [0.15, 0.2) is 24.3 Å². The highest BCUT2D eigenvalue weighted by atomic mass is 19.3. The quantitative estimate of drug-likeness (QED) is 0.477. The van der Waals surface area contributed by atoms with E-state index in [1.54, 1.807) is 0 Å². The Labute approximate surface area is 166 Å². The van der Waals surface area contributed by atoms with Crippen LogP contribution in [0, 0.1) is 16.7 Å². The van der Waals surface area contributed by atoms with Gasteiger partial charge in [-0.2, -0.15) is 8.78 Å². The Kier molecular flexibility index (Phi) is 5.43. The molecule has 0 saturated heterocycles. The van der Waals surface area contributed by atoms with Crippen LogP contribution in [0.3, 0.4) is 0 Å². The third-order valence-corrected chi connectivity index (χ3v) is 7.05. The summed E-state index contributed by atoms with van der Waals surface area (Å²) in [4.78, 5) is 24.9. The molecule has 0 N–H and O–H groups in total. The van der Waals surface area contributed by atoms with Crippen LogP contribution in [0.1, 0.15) is 60.7 Å². The second kappa shape index (κ2) is 7.29. The lowest BCUT2D eigenvalue weighted by atomic mass is 9.70. The smallest absolute Gasteiger partial charge is 0.340 e. The second-order valence-electron chi connectivity index (χ2n) is 8.69. The number of benzene rings is 1. The predicted octanol–water partition coefficient (Wildman–Crippen LogP) is 5.12. The summed E-state index contributed by atoms with van der Waals surface area (Å²) in [6.07, 6.45) is -1.57. The maximum absolute atomic E-state index is 13.0. The molecule has 0 aliphatic heterocycles. The van der Waals surface area contributed by atoms with Gasteiger partial charge < -0.3 is 9.47 Å². The highest BCUT2D eigenvalue weighted by molar-refractivity contribution is 6.03. The van der Waals surface area contributed by atoms with E-state index in [9.17, 15) is 27.2 Å². The lowest BCUT2D eigenvalue weighted by molar-refractivity contribution is -0.155. The van der Waals surface area contributed by atoms with Crippen molar-refractivity contribution in [3.8, 4) is 0 Å². The SMILES string of the molecule is CC1(C)[C@H]2CC[C@@]1(C)[C@H](OC(=O)c1ccccc1C(=O)OCC(F)(F)C(F)F)C2. The van der Waals surface area contributed by atoms with E-state index in [0.29, 0.717) is 5.92 Å². The van der Waals surface area contributed by atoms with Crippen molar-refractivity contribution >= 4 is 11.9 Å². The first kappa shape index (κ1) is 21.6. The Bertz CT molecular complexity index is 808. The zero-order chi connectivity index (χ0) is 21.6. The van der Waals surface area contributed by atoms with Crippen molar-refractivity contribution in [2.45, 2.75) is 58.5 Å². The molecule has 3 rings (SSSR count). The molecule has 2 aliphatic rings. The summed E-state index contributed by atoms with van der Waals surface area (Å²) in [6, 6.07) is 5.45. The van der Waals surface area contributed by atoms with Gasteiger partial charge in [-0.25, -0.2) is 18.4 Å². The molecular formula is C21H24F4O4. The molecule has 2 aliphatic carbocycles. The van der Waals surface area contributed by atoms with E-state index in [1.165, 1.54) is 24.3 Å². The number of rotatable bonds is 6. The van der Waals surface area contributed by atoms with Crippen LogP contribution in [-0.2, 0) is 9.47 Å². The van der Waals surface area contributed by atoms with E-state index >= 15 is 0 Å². The van der Waals surface area contributed by atoms with Crippen LogP contribution in [0.25, 0.3) is 0 Å². The molecule has 160 valence electrons. The van der Waals surface area contributed by atoms with E-state index in [1.807, 2.05) is 0 Å². The summed E-state index contributed by atoms with van der Waals surface area (Å²) in [7, 11) is 0. The number of ether oxygens (including phenoxy) is 2. The number of hydrogen-bond donors (Lipinski definition) is 0. The molecule has 2 fully saturated rings. The molecule has 0 amide bonds. The van der Waals surface area contributed by atoms with E-state index in [4.69, 9.17) is 4.74 Å². The molecule has 1 aromatic carbocycles. The molecule has 0 aromatic heterocycles. The summed E-state index contributed by atoms with van der Waals surface area (Å²) in [5.41, 5.74) is -0.614. The molecule has 0 heterocycles. The average Bonchev–Trinajstić information content (AvgIpc) is 2.99. The van der Waals surface area contributed by atoms with Gasteiger partial charge in [-0.15, -0.1) is 0 Å². The van der Waals surface area contributed by atoms with Gasteiger partial charge in [-0.1, -0.05) is 32.9 Å². The molecule has 3 atom stereocenters. The van der Waals surface area contributed by atoms with Crippen molar-refractivity contribution in [3.63, 3.8) is 0 Å². The third-order valence-electron chi connectivity index (χ3n) is 7.05. The Hall–Kier alpha value is -2.12. The molecule has 0 radical (unpaired) electrons. The first-order valence-corrected chi connectivity index (χ1v) is 9.53. The highest BCUT2D eigenvalue weighted by Gasteiger charge is 2.63. The zero-order valence-corrected chi connectivity index (χ0v) is 16.5. The molecule has 1 aromatic rings. The summed E-state index contributed by atoms with van der Waals surface area (Å²) in [5.74, 6) is -6.07. The van der Waals surface area contributed by atoms with Crippen molar-refractivity contribution in [3.05, 3.63) is 35.4 Å². The van der Waals surface area contributed by atoms with Crippen LogP contribution in [0.2, 0.25) is 0 Å². The largest absolute Gasteiger partial charge is 0.458 e. The number of alkyl halides is 4. The Morgan fingerprint density at radius 1 is 1.14 bits per heavy atom. The predicted molar refractivity (Wildman–Crippen MR) is 96.1 cm³/mol. The summed E-state index contributed by atoms with van der Waals surface area (Å²) in [5, 5.41) is 0. The number of carbonyl (C=O) groups is 2. The van der Waals surface area contributed by atoms with Gasteiger partial charge in [-0.3, -0.25) is 0 Å². The van der Waals surface area contributed by atoms with Gasteiger partial charge in [0.15, 0.2) is 6.61 Å². The van der Waals surface area contributed by atoms with Gasteiger partial charge in [-0.05, 0) is 42.7 Å². The van der Waals surface area contributed by atoms with E-state index in [2.05, 4.69) is 25.5 Å². The van der Waals surface area contributed by atoms with Crippen LogP contribution in [0.4, 0.5) is 17.6 Å². The highest BCUT2D eigenvalue weighted by Crippen LogP contribution is 2.66. The van der Waals surface area contributed by atoms with E-state index in [-0.39, 0.29) is 28.1 Å². The van der Waals surface area contributed by atoms with Crippen LogP contribution in [-0.4, -0.2) is 37.0 Å². The van der Waals surface area contributed by atoms with Gasteiger partial charge in [0.2, 0.25) is 0 Å². The van der Waals surface area contributed by atoms with Gasteiger partial charge in [0, 0.05) is 5.41 Å². The molecule has 4 nitrogen and oxygen atoms in total. The minimum absolute atomic E-state index is 0.0112. The fourth-order valence-corrected chi connectivity index (χ4v) is 4.64. The minimum Gasteiger partial charge on any atom is -0.458 e. The van der Waals surface area contributed by atoms with Gasteiger partial charge in [0.05, 0.1) is 11.1 Å². The Morgan fingerprint density at radius 2 is 1.72 bits per heavy atom. The van der Waals surface area contributed by atoms with Crippen molar-refractivity contribution in [2.75, 3.05) is 6.61 Å². The van der Waals surface area contributed by atoms with Gasteiger partial charge in [0.1, 0.15) is 6.10 Å². The molecule has 2 saturated carbocycles. The maximum Gasteiger partial charge on any atom is 0.340 e. The normalized spacial score (nSPS) is 27.9. The lowest BCUT2D eigenvalue weighted by Gasteiger charge is -2.38. The number of esters is 2. The monoisotopic (exact) mass is 416 g/mol. The van der Waals surface area contributed by atoms with Crippen molar-refractivity contribution in [1.82, 2.24) is 0 Å². The fraction of sp³-hybridized carbons (Fsp3) is 0.619. The number of carbonyl (C=O) groups excluding carboxylic acids is 2. The fourth-order valence-electron chi connectivity index (χ4n) is 4.64. The zero-order valence-electron chi connectivity index (χ0n) is 16.5. The van der Waals surface area contributed by atoms with Gasteiger partial charge in [0.25, 0.3) is 0 Å². The second-order valence-corrected chi connectivity index (χ2v) is 8.69. The van der Waals surface area contributed by atoms with Crippen LogP contribution in [0.5, 0.6) is 0 Å². The topological polar surface area (TPSA) is 52.6 Å². The molecule has 0 spiro atoms. The lowest BCUT2D eigenvalue weighted by Crippen LogP contribution is -2.38. The van der Waals surface area contributed by atoms with Crippen LogP contribution >= 0.6 is 0 Å². The van der Waals surface area contributed by atoms with Gasteiger partial charge >= 0.3 is 24.3 Å². The third kappa shape index (κ3) is 3.62. The molecule has 0 unspecified atom stereocenters. The molecule has 8 heteroatoms. The van der Waals surface area contributed by atoms with Crippen LogP contribution < -0.4 is 0 Å². The number of hydrogen-bond acceptors (Lipinski definition) is 4. The number of halogens is 4. The first-order valence-electron chi connectivity index (χ1n) is 9.53. The first-order chi connectivity index (χ1) is 13.4. The maximum atomic E-state index is 13.0. The average molecular weight is 416 g/mol. The molecule has 29 heavy (non-hydrogen) atoms. The number of fused-ring (bicyclic) bond motifs is 2. The molecular weight excluding hydrogens is 392 g/mol. The Morgan fingerprint density at radius 3 is 2.21 bits per heavy atom. The van der Waals surface area contributed by atoms with E-state index < -0.39 is 30.9 Å². The summed E-state index contributed by atoms with van der Waals surface area (Å²) < 4.78 is 60.7. The standard InChI is InChI=1S/C21H24F4O4/c1-19(2)12-8-9-20(19,3)15(10-12)29-17(27)14-7-5-4-6-13(14)16(26)28-11-21(24,25)18(22)23/h4-7,12,15,18H,8-11H2,1-3H3/t12-,15+,20-/m0/s1. The molecule has 2 bridgehead atoms. The van der Waals surface area contributed by atoms with Crippen molar-refractivity contribution in [1.29, 1.82) is 0 Å². The summed E-state index contributed by atoms with van der Waals surface area (Å²) >= 11 is 0. The van der Waals surface area contributed by atoms with E-state index in [0.717, 1.165) is 19.3 Å². The minimum atomic E-state index is -4.46. The van der Waals surface area contributed by atoms with Crippen molar-refractivity contribution in [2.24, 2.45) is 16.7 Å². The Balaban J connectivity index is 1.74.